The highest BCUT2D eigenvalue weighted by Crippen LogP contribution is 2.37. The van der Waals surface area contributed by atoms with Crippen molar-refractivity contribution in [2.24, 2.45) is 0 Å². The summed E-state index contributed by atoms with van der Waals surface area (Å²) >= 11 is 1.30. The number of hydrogen-bond acceptors (Lipinski definition) is 7. The van der Waals surface area contributed by atoms with Crippen LogP contribution < -0.4 is 11.0 Å². The van der Waals surface area contributed by atoms with Crippen molar-refractivity contribution in [1.29, 1.82) is 0 Å². The zero-order chi connectivity index (χ0) is 22.1. The summed E-state index contributed by atoms with van der Waals surface area (Å²) in [5, 5.41) is 11.5. The van der Waals surface area contributed by atoms with Crippen LogP contribution in [-0.2, 0) is 16.1 Å². The van der Waals surface area contributed by atoms with Gasteiger partial charge < -0.3 is 0 Å². The summed E-state index contributed by atoms with van der Waals surface area (Å²) in [6.45, 7) is 1.29. The third kappa shape index (κ3) is 3.99. The normalized spacial score (nSPS) is 16.0. The standard InChI is InChI=1S/C20H17N5O5S/c1-12-19(28)23(16-5-3-2-4-15(16)21-12)10-17(26)22-24-18(27)11-31-20(24)13-6-8-14(9-7-13)25(29)30/h2-9,20H,10-11H2,1H3,(H,22,26). The van der Waals surface area contributed by atoms with Gasteiger partial charge in [0.25, 0.3) is 23.1 Å². The number of hydrogen-bond donors (Lipinski definition) is 1. The van der Waals surface area contributed by atoms with Gasteiger partial charge in [-0.05, 0) is 36.8 Å². The number of benzene rings is 2. The Morgan fingerprint density at radius 1 is 1.23 bits per heavy atom. The minimum absolute atomic E-state index is 0.0621. The number of rotatable bonds is 5. The third-order valence-electron chi connectivity index (χ3n) is 4.82. The Hall–Kier alpha value is -3.73. The van der Waals surface area contributed by atoms with Gasteiger partial charge >= 0.3 is 0 Å². The molecule has 2 heterocycles. The van der Waals surface area contributed by atoms with Gasteiger partial charge in [-0.15, -0.1) is 11.8 Å². The summed E-state index contributed by atoms with van der Waals surface area (Å²) in [7, 11) is 0. The summed E-state index contributed by atoms with van der Waals surface area (Å²) in [5.41, 5.74) is 4.15. The number of nitrogens with zero attached hydrogens (tertiary/aromatic N) is 4. The van der Waals surface area contributed by atoms with E-state index in [-0.39, 0.29) is 35.1 Å². The number of amides is 2. The number of hydrazine groups is 1. The topological polar surface area (TPSA) is 127 Å². The van der Waals surface area contributed by atoms with E-state index in [1.807, 2.05) is 0 Å². The van der Waals surface area contributed by atoms with Crippen LogP contribution in [0.1, 0.15) is 16.6 Å². The van der Waals surface area contributed by atoms with Gasteiger partial charge in [0.2, 0.25) is 0 Å². The van der Waals surface area contributed by atoms with E-state index < -0.39 is 16.2 Å². The van der Waals surface area contributed by atoms with Crippen molar-refractivity contribution < 1.29 is 14.5 Å². The summed E-state index contributed by atoms with van der Waals surface area (Å²) in [4.78, 5) is 52.3. The number of aryl methyl sites for hydroxylation is 1. The first-order chi connectivity index (χ1) is 14.8. The average molecular weight is 439 g/mol. The van der Waals surface area contributed by atoms with Crippen LogP contribution in [0.3, 0.4) is 0 Å². The van der Waals surface area contributed by atoms with Gasteiger partial charge in [-0.1, -0.05) is 12.1 Å². The molecule has 158 valence electrons. The van der Waals surface area contributed by atoms with Crippen LogP contribution in [0.25, 0.3) is 11.0 Å². The molecule has 31 heavy (non-hydrogen) atoms. The largest absolute Gasteiger partial charge is 0.296 e. The second-order valence-electron chi connectivity index (χ2n) is 6.89. The summed E-state index contributed by atoms with van der Waals surface area (Å²) in [6, 6.07) is 12.8. The van der Waals surface area contributed by atoms with Crippen molar-refractivity contribution in [2.45, 2.75) is 18.8 Å². The molecule has 0 saturated carbocycles. The fourth-order valence-corrected chi connectivity index (χ4v) is 4.45. The van der Waals surface area contributed by atoms with E-state index in [0.717, 1.165) is 0 Å². The second-order valence-corrected chi connectivity index (χ2v) is 7.96. The van der Waals surface area contributed by atoms with Gasteiger partial charge in [-0.3, -0.25) is 34.5 Å². The Bertz CT molecular complexity index is 1260. The molecule has 1 atom stereocenters. The second kappa shape index (κ2) is 8.19. The average Bonchev–Trinajstić information content (AvgIpc) is 3.11. The molecule has 1 saturated heterocycles. The third-order valence-corrected chi connectivity index (χ3v) is 6.03. The van der Waals surface area contributed by atoms with Crippen LogP contribution in [0.5, 0.6) is 0 Å². The van der Waals surface area contributed by atoms with Gasteiger partial charge in [-0.25, -0.2) is 9.99 Å². The van der Waals surface area contributed by atoms with E-state index in [0.29, 0.717) is 16.6 Å². The summed E-state index contributed by atoms with van der Waals surface area (Å²) < 4.78 is 1.32. The number of para-hydroxylation sites is 2. The van der Waals surface area contributed by atoms with Crippen molar-refractivity contribution in [3.8, 4) is 0 Å². The Labute approximate surface area is 180 Å². The molecule has 0 spiro atoms. The first-order valence-corrected chi connectivity index (χ1v) is 10.3. The Kier molecular flexibility index (Phi) is 5.42. The quantitative estimate of drug-likeness (QED) is 0.475. The number of thioether (sulfide) groups is 1. The summed E-state index contributed by atoms with van der Waals surface area (Å²) in [6.07, 6.45) is 0. The number of carbonyl (C=O) groups excluding carboxylic acids is 2. The monoisotopic (exact) mass is 439 g/mol. The molecule has 1 aliphatic rings. The minimum atomic E-state index is -0.541. The zero-order valence-electron chi connectivity index (χ0n) is 16.3. The van der Waals surface area contributed by atoms with Crippen molar-refractivity contribution in [2.75, 3.05) is 5.75 Å². The van der Waals surface area contributed by atoms with E-state index in [1.165, 1.54) is 33.5 Å². The Morgan fingerprint density at radius 2 is 1.94 bits per heavy atom. The molecule has 1 N–H and O–H groups in total. The number of aromatic nitrogens is 2. The van der Waals surface area contributed by atoms with Crippen molar-refractivity contribution >= 4 is 40.3 Å². The Morgan fingerprint density at radius 3 is 2.65 bits per heavy atom. The maximum atomic E-state index is 12.8. The zero-order valence-corrected chi connectivity index (χ0v) is 17.2. The number of fused-ring (bicyclic) bond motifs is 1. The first-order valence-electron chi connectivity index (χ1n) is 9.29. The number of nitrogens with one attached hydrogen (secondary N) is 1. The molecule has 1 fully saturated rings. The van der Waals surface area contributed by atoms with Gasteiger partial charge in [0.05, 0.1) is 21.7 Å². The van der Waals surface area contributed by atoms with Crippen molar-refractivity contribution in [3.05, 3.63) is 80.3 Å². The lowest BCUT2D eigenvalue weighted by atomic mass is 10.2. The predicted molar refractivity (Wildman–Crippen MR) is 114 cm³/mol. The van der Waals surface area contributed by atoms with Crippen LogP contribution in [-0.4, -0.2) is 37.1 Å². The SMILES string of the molecule is Cc1nc2ccccc2n(CC(=O)NN2C(=O)CSC2c2ccc([N+](=O)[O-])cc2)c1=O. The fraction of sp³-hybridized carbons (Fsp3) is 0.200. The van der Waals surface area contributed by atoms with Crippen LogP contribution in [0.15, 0.2) is 53.3 Å². The fourth-order valence-electron chi connectivity index (χ4n) is 3.34. The molecule has 1 unspecified atom stereocenters. The number of carbonyl (C=O) groups is 2. The van der Waals surface area contributed by atoms with E-state index >= 15 is 0 Å². The highest BCUT2D eigenvalue weighted by Gasteiger charge is 2.34. The number of nitro benzene ring substituents is 1. The van der Waals surface area contributed by atoms with Gasteiger partial charge in [0.15, 0.2) is 0 Å². The molecule has 11 heteroatoms. The van der Waals surface area contributed by atoms with Gasteiger partial charge in [-0.2, -0.15) is 0 Å². The number of non-ortho nitro benzene ring substituents is 1. The van der Waals surface area contributed by atoms with E-state index in [1.54, 1.807) is 43.3 Å². The van der Waals surface area contributed by atoms with Gasteiger partial charge in [0.1, 0.15) is 17.6 Å². The van der Waals surface area contributed by atoms with Crippen LogP contribution >= 0.6 is 11.8 Å². The highest BCUT2D eigenvalue weighted by molar-refractivity contribution is 8.00. The molecule has 2 aromatic carbocycles. The van der Waals surface area contributed by atoms with Crippen LogP contribution in [0.2, 0.25) is 0 Å². The van der Waals surface area contributed by atoms with Crippen molar-refractivity contribution in [1.82, 2.24) is 20.0 Å². The van der Waals surface area contributed by atoms with Gasteiger partial charge in [0, 0.05) is 12.1 Å². The molecule has 10 nitrogen and oxygen atoms in total. The molecular weight excluding hydrogens is 422 g/mol. The van der Waals surface area contributed by atoms with Crippen LogP contribution in [0.4, 0.5) is 5.69 Å². The minimum Gasteiger partial charge on any atom is -0.296 e. The smallest absolute Gasteiger partial charge is 0.272 e. The maximum absolute atomic E-state index is 12.8. The molecule has 1 aromatic heterocycles. The summed E-state index contributed by atoms with van der Waals surface area (Å²) in [5.74, 6) is -0.690. The van der Waals surface area contributed by atoms with E-state index in [9.17, 15) is 24.5 Å². The van der Waals surface area contributed by atoms with Crippen molar-refractivity contribution in [3.63, 3.8) is 0 Å². The predicted octanol–water partition coefficient (Wildman–Crippen LogP) is 1.92. The number of nitro groups is 1. The molecule has 0 aliphatic carbocycles. The van der Waals surface area contributed by atoms with E-state index in [2.05, 4.69) is 10.4 Å². The molecule has 0 radical (unpaired) electrons. The molecule has 3 aromatic rings. The van der Waals surface area contributed by atoms with E-state index in [4.69, 9.17) is 0 Å². The lowest BCUT2D eigenvalue weighted by molar-refractivity contribution is -0.384. The molecule has 0 bridgehead atoms. The highest BCUT2D eigenvalue weighted by atomic mass is 32.2. The molecular formula is C20H17N5O5S. The van der Waals surface area contributed by atoms with Crippen LogP contribution in [0, 0.1) is 17.0 Å². The molecule has 4 rings (SSSR count). The first kappa shape index (κ1) is 20.5. The lowest BCUT2D eigenvalue weighted by Crippen LogP contribution is -2.46. The molecule has 2 amide bonds. The maximum Gasteiger partial charge on any atom is 0.272 e. The lowest BCUT2D eigenvalue weighted by Gasteiger charge is -2.24. The molecule has 1 aliphatic heterocycles. The Balaban J connectivity index is 1.57.